The maximum atomic E-state index is 12.1. The van der Waals surface area contributed by atoms with Gasteiger partial charge >= 0.3 is 0 Å². The van der Waals surface area contributed by atoms with Gasteiger partial charge in [0.25, 0.3) is 5.91 Å². The minimum atomic E-state index is -0.205. The number of hydrogen-bond donors (Lipinski definition) is 2. The van der Waals surface area contributed by atoms with Crippen LogP contribution in [0.2, 0.25) is 0 Å². The Labute approximate surface area is 122 Å². The number of carbonyl (C=O) groups is 1. The van der Waals surface area contributed by atoms with Gasteiger partial charge < -0.3 is 15.0 Å². The van der Waals surface area contributed by atoms with Crippen molar-refractivity contribution in [3.05, 3.63) is 78.6 Å². The molecule has 104 valence electrons. The van der Waals surface area contributed by atoms with E-state index in [1.54, 1.807) is 24.4 Å². The van der Waals surface area contributed by atoms with Gasteiger partial charge in [-0.15, -0.1) is 0 Å². The first-order chi connectivity index (χ1) is 10.3. The zero-order valence-corrected chi connectivity index (χ0v) is 11.2. The van der Waals surface area contributed by atoms with Crippen molar-refractivity contribution >= 4 is 11.6 Å². The lowest BCUT2D eigenvalue weighted by Gasteiger charge is -2.11. The Morgan fingerprint density at radius 3 is 2.43 bits per heavy atom. The predicted molar refractivity (Wildman–Crippen MR) is 81.7 cm³/mol. The van der Waals surface area contributed by atoms with E-state index in [1.807, 2.05) is 48.5 Å². The number of amides is 1. The number of aromatic nitrogens is 1. The number of rotatable bonds is 4. The number of ether oxygens (including phenoxy) is 1. The van der Waals surface area contributed by atoms with Gasteiger partial charge in [0.15, 0.2) is 5.75 Å². The minimum absolute atomic E-state index is 0.205. The summed E-state index contributed by atoms with van der Waals surface area (Å²) in [5.41, 5.74) is 1.13. The van der Waals surface area contributed by atoms with E-state index in [0.717, 1.165) is 5.75 Å². The molecule has 0 spiro atoms. The van der Waals surface area contributed by atoms with Crippen LogP contribution in [-0.2, 0) is 0 Å². The van der Waals surface area contributed by atoms with E-state index in [0.29, 0.717) is 17.1 Å². The first-order valence-electron chi connectivity index (χ1n) is 6.59. The van der Waals surface area contributed by atoms with Gasteiger partial charge in [-0.2, -0.15) is 0 Å². The third-order valence-electron chi connectivity index (χ3n) is 2.95. The van der Waals surface area contributed by atoms with Crippen LogP contribution in [0.1, 0.15) is 10.5 Å². The third-order valence-corrected chi connectivity index (χ3v) is 2.95. The van der Waals surface area contributed by atoms with Gasteiger partial charge in [-0.3, -0.25) is 4.79 Å². The second kappa shape index (κ2) is 5.96. The van der Waals surface area contributed by atoms with E-state index < -0.39 is 0 Å². The highest BCUT2D eigenvalue weighted by Gasteiger charge is 2.10. The van der Waals surface area contributed by atoms with Gasteiger partial charge in [-0.1, -0.05) is 30.3 Å². The van der Waals surface area contributed by atoms with Crippen LogP contribution in [0.5, 0.6) is 11.5 Å². The topological polar surface area (TPSA) is 54.1 Å². The Morgan fingerprint density at radius 1 is 0.905 bits per heavy atom. The molecule has 4 nitrogen and oxygen atoms in total. The molecule has 0 aliphatic carbocycles. The molecule has 3 rings (SSSR count). The van der Waals surface area contributed by atoms with E-state index in [2.05, 4.69) is 10.3 Å². The number of H-pyrrole nitrogens is 1. The SMILES string of the molecule is O=C(Nc1ccccc1Oc1ccccc1)c1ccc[nH]1. The van der Waals surface area contributed by atoms with Crippen LogP contribution < -0.4 is 10.1 Å². The van der Waals surface area contributed by atoms with Gasteiger partial charge in [0.1, 0.15) is 11.4 Å². The molecule has 0 aliphatic rings. The number of benzene rings is 2. The quantitative estimate of drug-likeness (QED) is 0.756. The molecular weight excluding hydrogens is 264 g/mol. The zero-order chi connectivity index (χ0) is 14.5. The zero-order valence-electron chi connectivity index (χ0n) is 11.2. The van der Waals surface area contributed by atoms with Gasteiger partial charge in [-0.05, 0) is 36.4 Å². The Morgan fingerprint density at radius 2 is 1.67 bits per heavy atom. The molecule has 3 aromatic rings. The monoisotopic (exact) mass is 278 g/mol. The Hall–Kier alpha value is -3.01. The molecule has 1 aromatic heterocycles. The van der Waals surface area contributed by atoms with Crippen LogP contribution in [0.3, 0.4) is 0 Å². The van der Waals surface area contributed by atoms with Crippen molar-refractivity contribution in [2.24, 2.45) is 0 Å². The summed E-state index contributed by atoms with van der Waals surface area (Å²) in [7, 11) is 0. The first-order valence-corrected chi connectivity index (χ1v) is 6.59. The number of aromatic amines is 1. The van der Waals surface area contributed by atoms with Gasteiger partial charge in [-0.25, -0.2) is 0 Å². The highest BCUT2D eigenvalue weighted by molar-refractivity contribution is 6.03. The van der Waals surface area contributed by atoms with Crippen molar-refractivity contribution in [3.8, 4) is 11.5 Å². The van der Waals surface area contributed by atoms with Crippen molar-refractivity contribution in [2.45, 2.75) is 0 Å². The summed E-state index contributed by atoms with van der Waals surface area (Å²) in [6, 6.07) is 20.3. The van der Waals surface area contributed by atoms with Crippen LogP contribution in [0, 0.1) is 0 Å². The van der Waals surface area contributed by atoms with Gasteiger partial charge in [0, 0.05) is 6.20 Å². The molecule has 21 heavy (non-hydrogen) atoms. The summed E-state index contributed by atoms with van der Waals surface area (Å²) in [5.74, 6) is 1.12. The maximum Gasteiger partial charge on any atom is 0.272 e. The van der Waals surface area contributed by atoms with Crippen LogP contribution in [-0.4, -0.2) is 10.9 Å². The van der Waals surface area contributed by atoms with E-state index >= 15 is 0 Å². The van der Waals surface area contributed by atoms with Gasteiger partial charge in [0.05, 0.1) is 5.69 Å². The Balaban J connectivity index is 1.81. The number of carbonyl (C=O) groups excluding carboxylic acids is 1. The van der Waals surface area contributed by atoms with E-state index in [-0.39, 0.29) is 5.91 Å². The van der Waals surface area contributed by atoms with Crippen molar-refractivity contribution in [2.75, 3.05) is 5.32 Å². The molecular formula is C17H14N2O2. The minimum Gasteiger partial charge on any atom is -0.455 e. The molecule has 0 saturated carbocycles. The normalized spacial score (nSPS) is 10.1. The predicted octanol–water partition coefficient (Wildman–Crippen LogP) is 4.06. The summed E-state index contributed by atoms with van der Waals surface area (Å²) in [4.78, 5) is 15.0. The molecule has 0 atom stereocenters. The molecule has 0 unspecified atom stereocenters. The van der Waals surface area contributed by atoms with Crippen LogP contribution in [0.15, 0.2) is 72.9 Å². The lowest BCUT2D eigenvalue weighted by molar-refractivity contribution is 0.102. The standard InChI is InChI=1S/C17H14N2O2/c20-17(15-10-6-12-18-15)19-14-9-4-5-11-16(14)21-13-7-2-1-3-8-13/h1-12,18H,(H,19,20). The van der Waals surface area contributed by atoms with E-state index in [1.165, 1.54) is 0 Å². The molecule has 0 radical (unpaired) electrons. The molecule has 2 N–H and O–H groups in total. The summed E-state index contributed by atoms with van der Waals surface area (Å²) in [6.45, 7) is 0. The van der Waals surface area contributed by atoms with E-state index in [9.17, 15) is 4.79 Å². The third kappa shape index (κ3) is 3.12. The smallest absolute Gasteiger partial charge is 0.272 e. The number of hydrogen-bond acceptors (Lipinski definition) is 2. The van der Waals surface area contributed by atoms with Crippen LogP contribution in [0.25, 0.3) is 0 Å². The molecule has 2 aromatic carbocycles. The Kier molecular flexibility index (Phi) is 3.69. The van der Waals surface area contributed by atoms with Crippen molar-refractivity contribution in [3.63, 3.8) is 0 Å². The van der Waals surface area contributed by atoms with Gasteiger partial charge in [0.2, 0.25) is 0 Å². The summed E-state index contributed by atoms with van der Waals surface area (Å²) >= 11 is 0. The molecule has 0 bridgehead atoms. The summed E-state index contributed by atoms with van der Waals surface area (Å²) in [5, 5.41) is 2.84. The average Bonchev–Trinajstić information content (AvgIpc) is 3.05. The molecule has 1 amide bonds. The molecule has 0 aliphatic heterocycles. The number of para-hydroxylation sites is 3. The van der Waals surface area contributed by atoms with Crippen molar-refractivity contribution < 1.29 is 9.53 Å². The molecule has 0 fully saturated rings. The molecule has 1 heterocycles. The maximum absolute atomic E-state index is 12.1. The second-order valence-corrected chi connectivity index (χ2v) is 4.45. The average molecular weight is 278 g/mol. The lowest BCUT2D eigenvalue weighted by Crippen LogP contribution is -2.12. The fraction of sp³-hybridized carbons (Fsp3) is 0. The fourth-order valence-corrected chi connectivity index (χ4v) is 1.94. The highest BCUT2D eigenvalue weighted by Crippen LogP contribution is 2.29. The van der Waals surface area contributed by atoms with E-state index in [4.69, 9.17) is 4.74 Å². The first kappa shape index (κ1) is 13.0. The van der Waals surface area contributed by atoms with Crippen molar-refractivity contribution in [1.82, 2.24) is 4.98 Å². The lowest BCUT2D eigenvalue weighted by atomic mass is 10.2. The largest absolute Gasteiger partial charge is 0.455 e. The number of anilines is 1. The number of nitrogens with one attached hydrogen (secondary N) is 2. The highest BCUT2D eigenvalue weighted by atomic mass is 16.5. The second-order valence-electron chi connectivity index (χ2n) is 4.45. The molecule has 4 heteroatoms. The summed E-state index contributed by atoms with van der Waals surface area (Å²) in [6.07, 6.45) is 1.71. The summed E-state index contributed by atoms with van der Waals surface area (Å²) < 4.78 is 5.80. The van der Waals surface area contributed by atoms with Crippen LogP contribution in [0.4, 0.5) is 5.69 Å². The van der Waals surface area contributed by atoms with Crippen molar-refractivity contribution in [1.29, 1.82) is 0 Å². The van der Waals surface area contributed by atoms with Crippen LogP contribution >= 0.6 is 0 Å². The fourth-order valence-electron chi connectivity index (χ4n) is 1.94. The Bertz CT molecular complexity index is 722. The molecule has 0 saturated heterocycles.